The third-order valence-corrected chi connectivity index (χ3v) is 9.44. The third kappa shape index (κ3) is 11.3. The Kier molecular flexibility index (Phi) is 13.1. The van der Waals surface area contributed by atoms with Crippen molar-refractivity contribution in [3.63, 3.8) is 0 Å². The molecular weight excluding hydrogens is 689 g/mol. The number of hydrogen-bond acceptors (Lipinski definition) is 6. The Bertz CT molecular complexity index is 2060. The van der Waals surface area contributed by atoms with Crippen molar-refractivity contribution in [1.29, 1.82) is 0 Å². The van der Waals surface area contributed by atoms with Gasteiger partial charge in [-0.2, -0.15) is 0 Å². The van der Waals surface area contributed by atoms with E-state index in [-0.39, 0.29) is 29.2 Å². The highest BCUT2D eigenvalue weighted by Crippen LogP contribution is 2.35. The molecule has 4 aromatic rings. The van der Waals surface area contributed by atoms with Gasteiger partial charge in [0.05, 0.1) is 17.8 Å². The largest absolute Gasteiger partial charge is 0.303 e. The molecule has 0 unspecified atom stereocenters. The van der Waals surface area contributed by atoms with Gasteiger partial charge < -0.3 is 5.32 Å². The first-order valence-corrected chi connectivity index (χ1v) is 19.5. The number of nitrogens with zero attached hydrogens (tertiary/aromatic N) is 1. The molecule has 6 rings (SSSR count). The summed E-state index contributed by atoms with van der Waals surface area (Å²) in [5, 5.41) is 4.20. The van der Waals surface area contributed by atoms with Crippen molar-refractivity contribution in [2.24, 2.45) is 0 Å². The van der Waals surface area contributed by atoms with E-state index in [0.717, 1.165) is 46.6 Å². The van der Waals surface area contributed by atoms with Gasteiger partial charge in [-0.15, -0.1) is 0 Å². The molecule has 0 saturated carbocycles. The van der Waals surface area contributed by atoms with E-state index in [1.54, 1.807) is 0 Å². The van der Waals surface area contributed by atoms with Crippen LogP contribution in [-0.4, -0.2) is 59.6 Å². The van der Waals surface area contributed by atoms with Gasteiger partial charge in [-0.25, -0.2) is 34.4 Å². The Morgan fingerprint density at radius 3 is 1.74 bits per heavy atom. The molecule has 0 spiro atoms. The zero-order chi connectivity index (χ0) is 36.5. The summed E-state index contributed by atoms with van der Waals surface area (Å²) in [7, 11) is -6.01. The molecule has 1 N–H and O–H groups in total. The normalized spacial score (nSPS) is 17.5. The summed E-state index contributed by atoms with van der Waals surface area (Å²) in [6.45, 7) is 4.28. The maximum absolute atomic E-state index is 14.1. The van der Waals surface area contributed by atoms with Gasteiger partial charge in [0.1, 0.15) is 33.1 Å². The fourth-order valence-electron chi connectivity index (χ4n) is 5.38. The molecule has 264 valence electrons. The van der Waals surface area contributed by atoms with Crippen molar-refractivity contribution in [1.82, 2.24) is 10.2 Å². The minimum Gasteiger partial charge on any atom is -0.303 e. The monoisotopic (exact) mass is 726 g/mol. The van der Waals surface area contributed by atoms with E-state index in [1.807, 2.05) is 77.7 Å². The lowest BCUT2D eigenvalue weighted by Crippen LogP contribution is -2.29. The maximum atomic E-state index is 14.1. The second-order valence-electron chi connectivity index (χ2n) is 11.9. The number of hydrogen-bond donors (Lipinski definition) is 1. The summed E-state index contributed by atoms with van der Waals surface area (Å²) in [5.41, 5.74) is 4.14. The Morgan fingerprint density at radius 2 is 1.24 bits per heavy atom. The lowest BCUT2D eigenvalue weighted by Gasteiger charge is -2.24. The summed E-state index contributed by atoms with van der Waals surface area (Å²) in [6.07, 6.45) is 6.13. The molecule has 12 heteroatoms. The summed E-state index contributed by atoms with van der Waals surface area (Å²) in [5.74, 6) is -1.76. The quantitative estimate of drug-likeness (QED) is 0.192. The molecular formula is C38H38F4N2O4S2. The Balaban J connectivity index is 0.000000198. The van der Waals surface area contributed by atoms with Gasteiger partial charge in [-0.05, 0) is 58.7 Å². The lowest BCUT2D eigenvalue weighted by atomic mass is 10.0. The van der Waals surface area contributed by atoms with Gasteiger partial charge in [0.2, 0.25) is 0 Å². The maximum Gasteiger partial charge on any atom is 0.168 e. The van der Waals surface area contributed by atoms with Gasteiger partial charge in [0.25, 0.3) is 0 Å². The highest BCUT2D eigenvalue weighted by Gasteiger charge is 2.28. The standard InChI is InChI=1S/C19H19F2NO2S.C16H13F2N.C3H6O2S/c1-25(23,24)10-9-22-13-15(17-12-16(20)7-8-18(17)21)11-19(22)14-5-3-2-4-6-14;17-13-6-7-15(18)14(9-13)12-8-16(19-10-12)11-4-2-1-3-5-11;1-3-6(2,4)5/h2-8,11-12,19H,9-10,13H2,1H3;1-9,16,19H,10H2;3H,1H2,2H3/t19-;16-;/m00./s1. The first kappa shape index (κ1) is 38.4. The average molecular weight is 727 g/mol. The molecule has 0 amide bonds. The van der Waals surface area contributed by atoms with Crippen LogP contribution in [0.2, 0.25) is 0 Å². The van der Waals surface area contributed by atoms with Crippen LogP contribution in [0, 0.1) is 23.3 Å². The Morgan fingerprint density at radius 1 is 0.740 bits per heavy atom. The van der Waals surface area contributed by atoms with Gasteiger partial charge in [-0.1, -0.05) is 79.4 Å². The van der Waals surface area contributed by atoms with Crippen LogP contribution in [0.5, 0.6) is 0 Å². The molecule has 2 aliphatic heterocycles. The summed E-state index contributed by atoms with van der Waals surface area (Å²) >= 11 is 0. The zero-order valence-electron chi connectivity index (χ0n) is 27.6. The molecule has 50 heavy (non-hydrogen) atoms. The third-order valence-electron chi connectivity index (χ3n) is 7.91. The van der Waals surface area contributed by atoms with Crippen molar-refractivity contribution in [2.75, 3.05) is 37.9 Å². The minimum absolute atomic E-state index is 0.0170. The predicted octanol–water partition coefficient (Wildman–Crippen LogP) is 7.32. The van der Waals surface area contributed by atoms with Gasteiger partial charge in [0, 0.05) is 48.7 Å². The van der Waals surface area contributed by atoms with Crippen LogP contribution in [0.1, 0.15) is 34.3 Å². The van der Waals surface area contributed by atoms with E-state index in [4.69, 9.17) is 0 Å². The fourth-order valence-corrected chi connectivity index (χ4v) is 5.95. The molecule has 0 aromatic heterocycles. The molecule has 0 saturated heterocycles. The summed E-state index contributed by atoms with van der Waals surface area (Å²) < 4.78 is 97.4. The molecule has 2 atom stereocenters. The van der Waals surface area contributed by atoms with Crippen LogP contribution in [0.25, 0.3) is 11.1 Å². The molecule has 4 aromatic carbocycles. The van der Waals surface area contributed by atoms with E-state index in [2.05, 4.69) is 11.9 Å². The average Bonchev–Trinajstić information content (AvgIpc) is 3.75. The SMILES string of the molecule is C=CS(C)(=O)=O.CS(=O)(=O)CCN1CC(c2cc(F)ccc2F)=C[C@H]1c1ccccc1.Fc1ccc(F)c(C2=C[C@@H](c3ccccc3)NC2)c1. The smallest absolute Gasteiger partial charge is 0.168 e. The molecule has 2 heterocycles. The van der Waals surface area contributed by atoms with Crippen molar-refractivity contribution < 1.29 is 34.4 Å². The van der Waals surface area contributed by atoms with E-state index in [1.165, 1.54) is 24.5 Å². The number of rotatable bonds is 8. The van der Waals surface area contributed by atoms with Crippen molar-refractivity contribution in [3.8, 4) is 0 Å². The molecule has 0 bridgehead atoms. The topological polar surface area (TPSA) is 83.5 Å². The van der Waals surface area contributed by atoms with Gasteiger partial charge in [-0.3, -0.25) is 4.90 Å². The van der Waals surface area contributed by atoms with Crippen LogP contribution in [-0.2, 0) is 19.7 Å². The summed E-state index contributed by atoms with van der Waals surface area (Å²) in [4.78, 5) is 1.97. The Labute approximate surface area is 291 Å². The van der Waals surface area contributed by atoms with E-state index >= 15 is 0 Å². The fraction of sp³-hybridized carbons (Fsp3) is 0.211. The van der Waals surface area contributed by atoms with Gasteiger partial charge >= 0.3 is 0 Å². The van der Waals surface area contributed by atoms with Crippen LogP contribution in [0.3, 0.4) is 0 Å². The van der Waals surface area contributed by atoms with Gasteiger partial charge in [0.15, 0.2) is 9.84 Å². The van der Waals surface area contributed by atoms with E-state index < -0.39 is 37.1 Å². The second kappa shape index (κ2) is 17.0. The zero-order valence-corrected chi connectivity index (χ0v) is 29.2. The molecule has 0 fully saturated rings. The van der Waals surface area contributed by atoms with Crippen molar-refractivity contribution >= 4 is 30.8 Å². The molecule has 6 nitrogen and oxygen atoms in total. The molecule has 0 radical (unpaired) electrons. The van der Waals surface area contributed by atoms with E-state index in [0.29, 0.717) is 30.8 Å². The van der Waals surface area contributed by atoms with Crippen molar-refractivity contribution in [3.05, 3.63) is 167 Å². The first-order valence-electron chi connectivity index (χ1n) is 15.5. The highest BCUT2D eigenvalue weighted by molar-refractivity contribution is 7.93. The summed E-state index contributed by atoms with van der Waals surface area (Å²) in [6, 6.07) is 26.3. The Hall–Kier alpha value is -4.36. The molecule has 2 aliphatic rings. The number of halogens is 4. The number of nitrogens with one attached hydrogen (secondary N) is 1. The minimum atomic E-state index is -3.11. The van der Waals surface area contributed by atoms with Crippen LogP contribution < -0.4 is 5.32 Å². The molecule has 0 aliphatic carbocycles. The second-order valence-corrected chi connectivity index (χ2v) is 16.1. The van der Waals surface area contributed by atoms with Crippen molar-refractivity contribution in [2.45, 2.75) is 12.1 Å². The lowest BCUT2D eigenvalue weighted by molar-refractivity contribution is 0.294. The first-order chi connectivity index (χ1) is 23.6. The predicted molar refractivity (Wildman–Crippen MR) is 191 cm³/mol. The van der Waals surface area contributed by atoms with Crippen LogP contribution >= 0.6 is 0 Å². The van der Waals surface area contributed by atoms with E-state index in [9.17, 15) is 34.4 Å². The van der Waals surface area contributed by atoms with Crippen LogP contribution in [0.4, 0.5) is 17.6 Å². The highest BCUT2D eigenvalue weighted by atomic mass is 32.2. The van der Waals surface area contributed by atoms with Crippen LogP contribution in [0.15, 0.2) is 121 Å². The number of sulfone groups is 2. The number of benzene rings is 4.